The molecule has 8 heteroatoms. The predicted octanol–water partition coefficient (Wildman–Crippen LogP) is 1.75. The second-order valence-corrected chi connectivity index (χ2v) is 4.96. The van der Waals surface area contributed by atoms with Crippen LogP contribution in [0.2, 0.25) is 0 Å². The summed E-state index contributed by atoms with van der Waals surface area (Å²) in [5, 5.41) is 18.5. The number of ether oxygens (including phenoxy) is 2. The van der Waals surface area contributed by atoms with Gasteiger partial charge in [0, 0.05) is 6.20 Å². The average molecular weight is 354 g/mol. The third kappa shape index (κ3) is 3.47. The van der Waals surface area contributed by atoms with Crippen molar-refractivity contribution >= 4 is 23.6 Å². The van der Waals surface area contributed by atoms with Crippen molar-refractivity contribution in [3.63, 3.8) is 0 Å². The monoisotopic (exact) mass is 354 g/mol. The molecule has 0 radical (unpaired) electrons. The molecule has 0 fully saturated rings. The molecule has 1 heterocycles. The molecule has 0 aromatic heterocycles. The number of esters is 2. The van der Waals surface area contributed by atoms with Gasteiger partial charge in [0.25, 0.3) is 0 Å². The number of carboxylic acids is 1. The second kappa shape index (κ2) is 7.81. The zero-order chi connectivity index (χ0) is 19.3. The molecule has 0 saturated heterocycles. The molecule has 0 amide bonds. The Hall–Kier alpha value is -3.86. The number of rotatable bonds is 4. The van der Waals surface area contributed by atoms with E-state index in [0.29, 0.717) is 0 Å². The van der Waals surface area contributed by atoms with Gasteiger partial charge in [0.2, 0.25) is 0 Å². The Balaban J connectivity index is 2.78. The summed E-state index contributed by atoms with van der Waals surface area (Å²) in [4.78, 5) is 37.3. The lowest BCUT2D eigenvalue weighted by molar-refractivity contribution is -0.139. The molecule has 1 aromatic carbocycles. The zero-order valence-electron chi connectivity index (χ0n) is 13.9. The number of allylic oxidation sites excluding steroid dienone is 2. The first kappa shape index (κ1) is 18.5. The molecule has 1 aliphatic heterocycles. The Bertz CT molecular complexity index is 905. The van der Waals surface area contributed by atoms with Crippen molar-refractivity contribution in [1.29, 1.82) is 5.26 Å². The molecule has 8 nitrogen and oxygen atoms in total. The highest BCUT2D eigenvalue weighted by Gasteiger charge is 2.29. The molecule has 1 aliphatic rings. The summed E-state index contributed by atoms with van der Waals surface area (Å²) in [6, 6.07) is 5.81. The summed E-state index contributed by atoms with van der Waals surface area (Å²) in [6.45, 7) is 0. The molecule has 0 atom stereocenters. The van der Waals surface area contributed by atoms with Crippen LogP contribution < -0.4 is 4.90 Å². The molecule has 0 unspecified atom stereocenters. The Kier molecular flexibility index (Phi) is 5.55. The SMILES string of the molecule is COC(=O)C1=C(C(=O)OC)N(c2ccc(C#N)cc2C(=O)O)C=CC=C1. The molecule has 1 aromatic rings. The average Bonchev–Trinajstić information content (AvgIpc) is 2.88. The van der Waals surface area contributed by atoms with Crippen molar-refractivity contribution in [1.82, 2.24) is 0 Å². The lowest BCUT2D eigenvalue weighted by atomic mass is 10.1. The predicted molar refractivity (Wildman–Crippen MR) is 89.9 cm³/mol. The normalized spacial score (nSPS) is 13.0. The Morgan fingerprint density at radius 1 is 1.12 bits per heavy atom. The number of aromatic carboxylic acids is 1. The number of anilines is 1. The molecule has 2 rings (SSSR count). The summed E-state index contributed by atoms with van der Waals surface area (Å²) < 4.78 is 9.45. The van der Waals surface area contributed by atoms with Crippen molar-refractivity contribution in [3.05, 3.63) is 65.0 Å². The third-order valence-electron chi connectivity index (χ3n) is 3.50. The first-order valence-corrected chi connectivity index (χ1v) is 7.27. The van der Waals surface area contributed by atoms with Crippen molar-refractivity contribution in [2.24, 2.45) is 0 Å². The van der Waals surface area contributed by atoms with Crippen LogP contribution in [0.3, 0.4) is 0 Å². The maximum absolute atomic E-state index is 12.3. The fraction of sp³-hybridized carbons (Fsp3) is 0.111. The standard InChI is InChI=1S/C18H14N2O6/c1-25-17(23)12-5-3-4-8-20(15(12)18(24)26-2)14-7-6-11(10-19)9-13(14)16(21)22/h3-9H,1-2H3,(H,21,22). The van der Waals surface area contributed by atoms with E-state index in [1.807, 2.05) is 6.07 Å². The van der Waals surface area contributed by atoms with Crippen LogP contribution in [0.1, 0.15) is 15.9 Å². The number of carboxylic acid groups (broad SMARTS) is 1. The smallest absolute Gasteiger partial charge is 0.355 e. The zero-order valence-corrected chi connectivity index (χ0v) is 13.9. The van der Waals surface area contributed by atoms with E-state index >= 15 is 0 Å². The summed E-state index contributed by atoms with van der Waals surface area (Å²) >= 11 is 0. The number of hydrogen-bond donors (Lipinski definition) is 1. The van der Waals surface area contributed by atoms with Gasteiger partial charge in [-0.2, -0.15) is 5.26 Å². The fourth-order valence-corrected chi connectivity index (χ4v) is 2.34. The number of nitriles is 1. The lowest BCUT2D eigenvalue weighted by Crippen LogP contribution is -2.28. The maximum Gasteiger partial charge on any atom is 0.355 e. The highest BCUT2D eigenvalue weighted by atomic mass is 16.5. The van der Waals surface area contributed by atoms with Crippen LogP contribution >= 0.6 is 0 Å². The summed E-state index contributed by atoms with van der Waals surface area (Å²) in [5.74, 6) is -2.95. The van der Waals surface area contributed by atoms with Crippen molar-refractivity contribution < 1.29 is 29.0 Å². The maximum atomic E-state index is 12.3. The minimum Gasteiger partial charge on any atom is -0.478 e. The van der Waals surface area contributed by atoms with Crippen LogP contribution in [-0.4, -0.2) is 37.2 Å². The van der Waals surface area contributed by atoms with Gasteiger partial charge in [0.05, 0.1) is 42.7 Å². The lowest BCUT2D eigenvalue weighted by Gasteiger charge is -2.24. The van der Waals surface area contributed by atoms with Crippen LogP contribution in [-0.2, 0) is 19.1 Å². The molecular weight excluding hydrogens is 340 g/mol. The molecule has 26 heavy (non-hydrogen) atoms. The van der Waals surface area contributed by atoms with Gasteiger partial charge >= 0.3 is 17.9 Å². The summed E-state index contributed by atoms with van der Waals surface area (Å²) in [7, 11) is 2.29. The van der Waals surface area contributed by atoms with E-state index in [9.17, 15) is 19.5 Å². The van der Waals surface area contributed by atoms with E-state index in [4.69, 9.17) is 14.7 Å². The molecule has 0 aliphatic carbocycles. The van der Waals surface area contributed by atoms with Gasteiger partial charge in [-0.15, -0.1) is 0 Å². The Labute approximate surface area is 148 Å². The van der Waals surface area contributed by atoms with Gasteiger partial charge in [-0.25, -0.2) is 14.4 Å². The van der Waals surface area contributed by atoms with E-state index in [0.717, 1.165) is 14.2 Å². The van der Waals surface area contributed by atoms with Gasteiger partial charge < -0.3 is 19.5 Å². The first-order valence-electron chi connectivity index (χ1n) is 7.27. The molecule has 0 saturated carbocycles. The van der Waals surface area contributed by atoms with E-state index < -0.39 is 17.9 Å². The minimum atomic E-state index is -1.30. The van der Waals surface area contributed by atoms with Gasteiger partial charge in [0.1, 0.15) is 5.70 Å². The minimum absolute atomic E-state index is 0.0817. The largest absolute Gasteiger partial charge is 0.478 e. The van der Waals surface area contributed by atoms with Crippen molar-refractivity contribution in [2.45, 2.75) is 0 Å². The topological polar surface area (TPSA) is 117 Å². The van der Waals surface area contributed by atoms with Crippen LogP contribution in [0.5, 0.6) is 0 Å². The summed E-state index contributed by atoms with van der Waals surface area (Å²) in [6.07, 6.45) is 5.78. The highest BCUT2D eigenvalue weighted by Crippen LogP contribution is 2.30. The number of benzene rings is 1. The van der Waals surface area contributed by atoms with Gasteiger partial charge in [-0.3, -0.25) is 0 Å². The second-order valence-electron chi connectivity index (χ2n) is 4.96. The molecule has 132 valence electrons. The summed E-state index contributed by atoms with van der Waals surface area (Å²) in [5.41, 5.74) is -0.319. The van der Waals surface area contributed by atoms with Gasteiger partial charge in [-0.1, -0.05) is 6.08 Å². The Morgan fingerprint density at radius 3 is 2.38 bits per heavy atom. The number of hydrogen-bond acceptors (Lipinski definition) is 7. The fourth-order valence-electron chi connectivity index (χ4n) is 2.34. The molecular formula is C18H14N2O6. The quantitative estimate of drug-likeness (QED) is 0.813. The first-order chi connectivity index (χ1) is 12.4. The number of nitrogens with zero attached hydrogens (tertiary/aromatic N) is 2. The van der Waals surface area contributed by atoms with Crippen molar-refractivity contribution in [2.75, 3.05) is 19.1 Å². The highest BCUT2D eigenvalue weighted by molar-refractivity contribution is 6.07. The number of methoxy groups -OCH3 is 2. The van der Waals surface area contributed by atoms with Crippen LogP contribution in [0, 0.1) is 11.3 Å². The van der Waals surface area contributed by atoms with E-state index in [1.54, 1.807) is 0 Å². The van der Waals surface area contributed by atoms with E-state index in [2.05, 4.69) is 0 Å². The van der Waals surface area contributed by atoms with E-state index in [1.165, 1.54) is 47.5 Å². The number of carbonyl (C=O) groups is 3. The van der Waals surface area contributed by atoms with Crippen LogP contribution in [0.25, 0.3) is 0 Å². The molecule has 0 bridgehead atoms. The Morgan fingerprint density at radius 2 is 1.81 bits per heavy atom. The molecule has 1 N–H and O–H groups in total. The van der Waals surface area contributed by atoms with Crippen LogP contribution in [0.15, 0.2) is 53.9 Å². The molecule has 0 spiro atoms. The van der Waals surface area contributed by atoms with Gasteiger partial charge in [0.15, 0.2) is 0 Å². The van der Waals surface area contributed by atoms with E-state index in [-0.39, 0.29) is 28.1 Å². The van der Waals surface area contributed by atoms with Crippen molar-refractivity contribution in [3.8, 4) is 6.07 Å². The number of carbonyl (C=O) groups excluding carboxylic acids is 2. The van der Waals surface area contributed by atoms with Crippen LogP contribution in [0.4, 0.5) is 5.69 Å². The van der Waals surface area contributed by atoms with Gasteiger partial charge in [-0.05, 0) is 30.4 Å². The third-order valence-corrected chi connectivity index (χ3v) is 3.50.